The Balaban J connectivity index is 1.68. The zero-order chi connectivity index (χ0) is 13.9. The quantitative estimate of drug-likeness (QED) is 0.683. The lowest BCUT2D eigenvalue weighted by molar-refractivity contribution is 0.659. The maximum atomic E-state index is 5.85. The molecule has 0 aromatic carbocycles. The van der Waals surface area contributed by atoms with E-state index in [-0.39, 0.29) is 0 Å². The van der Waals surface area contributed by atoms with E-state index in [4.69, 9.17) is 5.73 Å². The van der Waals surface area contributed by atoms with Crippen molar-refractivity contribution in [1.82, 2.24) is 24.1 Å². The van der Waals surface area contributed by atoms with Crippen LogP contribution in [-0.2, 0) is 6.54 Å². The number of rotatable bonds is 5. The third-order valence-corrected chi connectivity index (χ3v) is 3.09. The van der Waals surface area contributed by atoms with Crippen molar-refractivity contribution < 1.29 is 0 Å². The van der Waals surface area contributed by atoms with Gasteiger partial charge in [0, 0.05) is 37.2 Å². The molecule has 0 bridgehead atoms. The average molecular weight is 271 g/mol. The summed E-state index contributed by atoms with van der Waals surface area (Å²) in [5.41, 5.74) is 8.06. The van der Waals surface area contributed by atoms with Gasteiger partial charge in [0.05, 0.1) is 18.2 Å². The molecule has 0 atom stereocenters. The van der Waals surface area contributed by atoms with E-state index in [0.29, 0.717) is 11.3 Å². The van der Waals surface area contributed by atoms with Gasteiger partial charge in [-0.3, -0.25) is 0 Å². The summed E-state index contributed by atoms with van der Waals surface area (Å²) in [7, 11) is 0. The first kappa shape index (κ1) is 12.5. The van der Waals surface area contributed by atoms with Crippen LogP contribution >= 0.6 is 0 Å². The Morgan fingerprint density at radius 2 is 2.30 bits per heavy atom. The summed E-state index contributed by atoms with van der Waals surface area (Å²) in [6.07, 6.45) is 8.19. The van der Waals surface area contributed by atoms with Gasteiger partial charge in [-0.05, 0) is 13.3 Å². The molecule has 0 saturated carbocycles. The zero-order valence-corrected chi connectivity index (χ0v) is 11.3. The summed E-state index contributed by atoms with van der Waals surface area (Å²) in [6, 6.07) is 1.97. The standard InChI is InChI=1S/C13H17N7/c1-10-7-12(20-13(18-10)11(14)8-17-20)16-3-2-5-19-6-4-15-9-19/h4,6-9,16H,2-3,5,14H2,1H3. The highest BCUT2D eigenvalue weighted by Gasteiger charge is 2.07. The van der Waals surface area contributed by atoms with Gasteiger partial charge in [0.15, 0.2) is 5.65 Å². The maximum absolute atomic E-state index is 5.85. The number of hydrogen-bond acceptors (Lipinski definition) is 5. The third kappa shape index (κ3) is 2.42. The summed E-state index contributed by atoms with van der Waals surface area (Å²) >= 11 is 0. The molecule has 0 spiro atoms. The van der Waals surface area contributed by atoms with Gasteiger partial charge in [-0.1, -0.05) is 0 Å². The summed E-state index contributed by atoms with van der Waals surface area (Å²) in [5.74, 6) is 0.912. The van der Waals surface area contributed by atoms with Gasteiger partial charge >= 0.3 is 0 Å². The topological polar surface area (TPSA) is 86.1 Å². The smallest absolute Gasteiger partial charge is 0.180 e. The largest absolute Gasteiger partial charge is 0.394 e. The van der Waals surface area contributed by atoms with E-state index in [1.165, 1.54) is 0 Å². The number of nitrogens with two attached hydrogens (primary N) is 1. The first-order valence-electron chi connectivity index (χ1n) is 6.54. The molecule has 104 valence electrons. The molecule has 7 heteroatoms. The Hall–Kier alpha value is -2.57. The molecule has 0 amide bonds. The highest BCUT2D eigenvalue weighted by molar-refractivity contribution is 5.66. The predicted molar refractivity (Wildman–Crippen MR) is 77.5 cm³/mol. The first-order valence-corrected chi connectivity index (χ1v) is 6.54. The minimum absolute atomic E-state index is 0.593. The van der Waals surface area contributed by atoms with Crippen LogP contribution in [0.4, 0.5) is 11.5 Å². The first-order chi connectivity index (χ1) is 9.74. The highest BCUT2D eigenvalue weighted by Crippen LogP contribution is 2.16. The molecule has 0 aliphatic carbocycles. The number of nitrogens with zero attached hydrogens (tertiary/aromatic N) is 5. The van der Waals surface area contributed by atoms with Gasteiger partial charge in [0.2, 0.25) is 0 Å². The van der Waals surface area contributed by atoms with Gasteiger partial charge in [0.25, 0.3) is 0 Å². The number of aryl methyl sites for hydroxylation is 2. The zero-order valence-electron chi connectivity index (χ0n) is 11.3. The number of nitrogen functional groups attached to an aromatic ring is 1. The van der Waals surface area contributed by atoms with Crippen molar-refractivity contribution in [3.8, 4) is 0 Å². The second-order valence-electron chi connectivity index (χ2n) is 4.70. The Morgan fingerprint density at radius 1 is 1.40 bits per heavy atom. The Labute approximate surface area is 116 Å². The Bertz CT molecular complexity index is 699. The minimum Gasteiger partial charge on any atom is -0.394 e. The molecule has 3 rings (SSSR count). The fourth-order valence-corrected chi connectivity index (χ4v) is 2.12. The van der Waals surface area contributed by atoms with Crippen molar-refractivity contribution in [3.05, 3.63) is 36.7 Å². The molecule has 3 N–H and O–H groups in total. The van der Waals surface area contributed by atoms with Crippen LogP contribution in [0.2, 0.25) is 0 Å². The van der Waals surface area contributed by atoms with Crippen LogP contribution in [0, 0.1) is 6.92 Å². The number of fused-ring (bicyclic) bond motifs is 1. The lowest BCUT2D eigenvalue weighted by Crippen LogP contribution is -2.10. The van der Waals surface area contributed by atoms with Crippen LogP contribution in [0.15, 0.2) is 31.0 Å². The number of hydrogen-bond donors (Lipinski definition) is 2. The molecular weight excluding hydrogens is 254 g/mol. The van der Waals surface area contributed by atoms with Crippen molar-refractivity contribution in [2.24, 2.45) is 0 Å². The van der Waals surface area contributed by atoms with Crippen molar-refractivity contribution in [3.63, 3.8) is 0 Å². The van der Waals surface area contributed by atoms with Crippen LogP contribution in [0.5, 0.6) is 0 Å². The number of aromatic nitrogens is 5. The lowest BCUT2D eigenvalue weighted by Gasteiger charge is -2.09. The van der Waals surface area contributed by atoms with E-state index in [1.54, 1.807) is 16.9 Å². The summed E-state index contributed by atoms with van der Waals surface area (Å²) in [4.78, 5) is 8.41. The van der Waals surface area contributed by atoms with Crippen LogP contribution in [0.3, 0.4) is 0 Å². The Kier molecular flexibility index (Phi) is 3.24. The molecule has 7 nitrogen and oxygen atoms in total. The maximum Gasteiger partial charge on any atom is 0.180 e. The third-order valence-electron chi connectivity index (χ3n) is 3.09. The van der Waals surface area contributed by atoms with E-state index >= 15 is 0 Å². The molecule has 20 heavy (non-hydrogen) atoms. The average Bonchev–Trinajstić information content (AvgIpc) is 3.05. The van der Waals surface area contributed by atoms with Crippen molar-refractivity contribution in [1.29, 1.82) is 0 Å². The molecule has 0 saturated heterocycles. The Morgan fingerprint density at radius 3 is 3.10 bits per heavy atom. The van der Waals surface area contributed by atoms with Crippen LogP contribution in [-0.4, -0.2) is 30.7 Å². The van der Waals surface area contributed by atoms with E-state index < -0.39 is 0 Å². The summed E-state index contributed by atoms with van der Waals surface area (Å²) < 4.78 is 3.79. The van der Waals surface area contributed by atoms with E-state index in [9.17, 15) is 0 Å². The monoisotopic (exact) mass is 271 g/mol. The van der Waals surface area contributed by atoms with Gasteiger partial charge in [-0.2, -0.15) is 9.61 Å². The SMILES string of the molecule is Cc1cc(NCCCn2ccnc2)n2ncc(N)c2n1. The van der Waals surface area contributed by atoms with E-state index in [2.05, 4.69) is 25.0 Å². The molecule has 0 unspecified atom stereocenters. The van der Waals surface area contributed by atoms with Crippen molar-refractivity contribution >= 4 is 17.2 Å². The molecule has 3 aromatic heterocycles. The lowest BCUT2D eigenvalue weighted by atomic mass is 10.3. The van der Waals surface area contributed by atoms with E-state index in [0.717, 1.165) is 31.0 Å². The van der Waals surface area contributed by atoms with Gasteiger partial charge in [0.1, 0.15) is 5.82 Å². The number of imidazole rings is 1. The fourth-order valence-electron chi connectivity index (χ4n) is 2.12. The highest BCUT2D eigenvalue weighted by atomic mass is 15.3. The molecule has 0 aliphatic rings. The number of nitrogens with one attached hydrogen (secondary N) is 1. The molecular formula is C13H17N7. The van der Waals surface area contributed by atoms with Crippen molar-refractivity contribution in [2.75, 3.05) is 17.6 Å². The summed E-state index contributed by atoms with van der Waals surface area (Å²) in [5, 5.41) is 7.61. The van der Waals surface area contributed by atoms with Crippen LogP contribution in [0.1, 0.15) is 12.1 Å². The van der Waals surface area contributed by atoms with Gasteiger partial charge in [-0.15, -0.1) is 0 Å². The van der Waals surface area contributed by atoms with Gasteiger partial charge < -0.3 is 15.6 Å². The molecule has 0 aliphatic heterocycles. The molecule has 0 fully saturated rings. The fraction of sp³-hybridized carbons (Fsp3) is 0.308. The second-order valence-corrected chi connectivity index (χ2v) is 4.70. The molecule has 3 heterocycles. The predicted octanol–water partition coefficient (Wildman–Crippen LogP) is 1.32. The summed E-state index contributed by atoms with van der Waals surface area (Å²) in [6.45, 7) is 3.72. The second kappa shape index (κ2) is 5.20. The normalized spacial score (nSPS) is 11.1. The van der Waals surface area contributed by atoms with Gasteiger partial charge in [-0.25, -0.2) is 9.97 Å². The van der Waals surface area contributed by atoms with Crippen LogP contribution < -0.4 is 11.1 Å². The number of anilines is 2. The van der Waals surface area contributed by atoms with Crippen molar-refractivity contribution in [2.45, 2.75) is 19.9 Å². The molecule has 3 aromatic rings. The molecule has 0 radical (unpaired) electrons. The van der Waals surface area contributed by atoms with E-state index in [1.807, 2.05) is 25.5 Å². The van der Waals surface area contributed by atoms with Crippen LogP contribution in [0.25, 0.3) is 5.65 Å². The minimum atomic E-state index is 0.593.